The lowest BCUT2D eigenvalue weighted by atomic mass is 10.1. The summed E-state index contributed by atoms with van der Waals surface area (Å²) >= 11 is 0. The van der Waals surface area contributed by atoms with Crippen LogP contribution in [0.15, 0.2) is 42.5 Å². The SMILES string of the molecule is COc1ccc(C(=O)Nc2ccccc2CN)c(F)c1. The van der Waals surface area contributed by atoms with Gasteiger partial charge in [0.1, 0.15) is 11.6 Å². The van der Waals surface area contributed by atoms with Crippen LogP contribution in [0.25, 0.3) is 0 Å². The first-order chi connectivity index (χ1) is 9.65. The Hall–Kier alpha value is -2.40. The van der Waals surface area contributed by atoms with Gasteiger partial charge in [-0.15, -0.1) is 0 Å². The average molecular weight is 274 g/mol. The number of carbonyl (C=O) groups excluding carboxylic acids is 1. The summed E-state index contributed by atoms with van der Waals surface area (Å²) in [5, 5.41) is 2.66. The molecular weight excluding hydrogens is 259 g/mol. The second-order valence-electron chi connectivity index (χ2n) is 4.16. The molecule has 1 amide bonds. The number of hydrogen-bond donors (Lipinski definition) is 2. The van der Waals surface area contributed by atoms with E-state index >= 15 is 0 Å². The molecule has 5 heteroatoms. The van der Waals surface area contributed by atoms with E-state index in [4.69, 9.17) is 10.5 Å². The van der Waals surface area contributed by atoms with Crippen molar-refractivity contribution in [3.63, 3.8) is 0 Å². The fourth-order valence-electron chi connectivity index (χ4n) is 1.82. The first kappa shape index (κ1) is 14.0. The third-order valence-electron chi connectivity index (χ3n) is 2.91. The molecule has 0 aliphatic rings. The normalized spacial score (nSPS) is 10.2. The number of methoxy groups -OCH3 is 1. The van der Waals surface area contributed by atoms with Gasteiger partial charge in [0.25, 0.3) is 5.91 Å². The quantitative estimate of drug-likeness (QED) is 0.900. The topological polar surface area (TPSA) is 64.3 Å². The van der Waals surface area contributed by atoms with Crippen molar-refractivity contribution in [1.82, 2.24) is 0 Å². The second-order valence-corrected chi connectivity index (χ2v) is 4.16. The number of rotatable bonds is 4. The number of anilines is 1. The molecule has 3 N–H and O–H groups in total. The number of hydrogen-bond acceptors (Lipinski definition) is 3. The molecule has 0 fully saturated rings. The highest BCUT2D eigenvalue weighted by Gasteiger charge is 2.13. The Labute approximate surface area is 116 Å². The van der Waals surface area contributed by atoms with Crippen molar-refractivity contribution >= 4 is 11.6 Å². The lowest BCUT2D eigenvalue weighted by Crippen LogP contribution is -2.15. The van der Waals surface area contributed by atoms with Crippen molar-refractivity contribution in [1.29, 1.82) is 0 Å². The fraction of sp³-hybridized carbons (Fsp3) is 0.133. The maximum Gasteiger partial charge on any atom is 0.258 e. The predicted molar refractivity (Wildman–Crippen MR) is 75.2 cm³/mol. The van der Waals surface area contributed by atoms with Gasteiger partial charge in [-0.1, -0.05) is 18.2 Å². The summed E-state index contributed by atoms with van der Waals surface area (Å²) in [4.78, 5) is 12.1. The van der Waals surface area contributed by atoms with Gasteiger partial charge in [0.05, 0.1) is 12.7 Å². The summed E-state index contributed by atoms with van der Waals surface area (Å²) in [6, 6.07) is 11.2. The Morgan fingerprint density at radius 2 is 2.05 bits per heavy atom. The molecule has 0 heterocycles. The number of ether oxygens (including phenoxy) is 1. The van der Waals surface area contributed by atoms with Crippen molar-refractivity contribution < 1.29 is 13.9 Å². The van der Waals surface area contributed by atoms with Gasteiger partial charge in [-0.3, -0.25) is 4.79 Å². The van der Waals surface area contributed by atoms with Crippen LogP contribution in [0.5, 0.6) is 5.75 Å². The summed E-state index contributed by atoms with van der Waals surface area (Å²) in [6.45, 7) is 0.293. The molecule has 0 bridgehead atoms. The third kappa shape index (κ3) is 2.95. The molecule has 2 rings (SSSR count). The van der Waals surface area contributed by atoms with Crippen molar-refractivity contribution in [2.45, 2.75) is 6.54 Å². The van der Waals surface area contributed by atoms with Gasteiger partial charge in [0, 0.05) is 18.3 Å². The molecular formula is C15H15FN2O2. The summed E-state index contributed by atoms with van der Waals surface area (Å²) in [5.74, 6) is -0.792. The summed E-state index contributed by atoms with van der Waals surface area (Å²) in [6.07, 6.45) is 0. The smallest absolute Gasteiger partial charge is 0.258 e. The Morgan fingerprint density at radius 3 is 2.70 bits per heavy atom. The Balaban J connectivity index is 2.24. The minimum Gasteiger partial charge on any atom is -0.497 e. The predicted octanol–water partition coefficient (Wildman–Crippen LogP) is 2.55. The molecule has 4 nitrogen and oxygen atoms in total. The highest BCUT2D eigenvalue weighted by molar-refractivity contribution is 6.04. The van der Waals surface area contributed by atoms with E-state index in [9.17, 15) is 9.18 Å². The molecule has 0 unspecified atom stereocenters. The second kappa shape index (κ2) is 6.16. The van der Waals surface area contributed by atoms with E-state index in [1.54, 1.807) is 18.2 Å². The molecule has 0 radical (unpaired) electrons. The van der Waals surface area contributed by atoms with Gasteiger partial charge < -0.3 is 15.8 Å². The van der Waals surface area contributed by atoms with E-state index in [0.29, 0.717) is 18.0 Å². The molecule has 20 heavy (non-hydrogen) atoms. The molecule has 0 atom stereocenters. The molecule has 0 saturated heterocycles. The molecule has 0 saturated carbocycles. The maximum absolute atomic E-state index is 13.8. The number of carbonyl (C=O) groups is 1. The molecule has 2 aromatic rings. The van der Waals surface area contributed by atoms with Crippen molar-refractivity contribution in [3.05, 3.63) is 59.4 Å². The zero-order valence-electron chi connectivity index (χ0n) is 11.0. The number of para-hydroxylation sites is 1. The van der Waals surface area contributed by atoms with E-state index in [0.717, 1.165) is 5.56 Å². The number of halogens is 1. The minimum absolute atomic E-state index is 0.0439. The van der Waals surface area contributed by atoms with Gasteiger partial charge >= 0.3 is 0 Å². The lowest BCUT2D eigenvalue weighted by Gasteiger charge is -2.10. The monoisotopic (exact) mass is 274 g/mol. The number of nitrogens with one attached hydrogen (secondary N) is 1. The van der Waals surface area contributed by atoms with Gasteiger partial charge in [-0.05, 0) is 23.8 Å². The van der Waals surface area contributed by atoms with E-state index in [1.165, 1.54) is 25.3 Å². The van der Waals surface area contributed by atoms with Crippen LogP contribution >= 0.6 is 0 Å². The van der Waals surface area contributed by atoms with Gasteiger partial charge in [-0.2, -0.15) is 0 Å². The summed E-state index contributed by atoms with van der Waals surface area (Å²) in [7, 11) is 1.44. The molecule has 0 aromatic heterocycles. The first-order valence-electron chi connectivity index (χ1n) is 6.08. The Morgan fingerprint density at radius 1 is 1.30 bits per heavy atom. The van der Waals surface area contributed by atoms with Crippen LogP contribution in [-0.2, 0) is 6.54 Å². The van der Waals surface area contributed by atoms with E-state index in [-0.39, 0.29) is 5.56 Å². The van der Waals surface area contributed by atoms with Crippen LogP contribution in [0.4, 0.5) is 10.1 Å². The first-order valence-corrected chi connectivity index (χ1v) is 6.08. The van der Waals surface area contributed by atoms with Gasteiger partial charge in [0.2, 0.25) is 0 Å². The molecule has 0 aliphatic heterocycles. The van der Waals surface area contributed by atoms with Crippen LogP contribution in [0.2, 0.25) is 0 Å². The highest BCUT2D eigenvalue weighted by atomic mass is 19.1. The lowest BCUT2D eigenvalue weighted by molar-refractivity contribution is 0.102. The van der Waals surface area contributed by atoms with Crippen LogP contribution in [0, 0.1) is 5.82 Å². The fourth-order valence-corrected chi connectivity index (χ4v) is 1.82. The van der Waals surface area contributed by atoms with Gasteiger partial charge in [0.15, 0.2) is 0 Å². The minimum atomic E-state index is -0.632. The van der Waals surface area contributed by atoms with Crippen molar-refractivity contribution in [3.8, 4) is 5.75 Å². The molecule has 0 aliphatic carbocycles. The zero-order valence-corrected chi connectivity index (χ0v) is 11.0. The molecule has 104 valence electrons. The summed E-state index contributed by atoms with van der Waals surface area (Å²) in [5.41, 5.74) is 6.91. The molecule has 0 spiro atoms. The van der Waals surface area contributed by atoms with E-state index in [2.05, 4.69) is 5.32 Å². The molecule has 2 aromatic carbocycles. The number of nitrogens with two attached hydrogens (primary N) is 1. The van der Waals surface area contributed by atoms with Gasteiger partial charge in [-0.25, -0.2) is 4.39 Å². The number of benzene rings is 2. The van der Waals surface area contributed by atoms with Crippen molar-refractivity contribution in [2.24, 2.45) is 5.73 Å². The van der Waals surface area contributed by atoms with Crippen LogP contribution in [0.1, 0.15) is 15.9 Å². The largest absolute Gasteiger partial charge is 0.497 e. The van der Waals surface area contributed by atoms with Crippen LogP contribution in [0.3, 0.4) is 0 Å². The standard InChI is InChI=1S/C15H15FN2O2/c1-20-11-6-7-12(13(16)8-11)15(19)18-14-5-3-2-4-10(14)9-17/h2-8H,9,17H2,1H3,(H,18,19). The Bertz CT molecular complexity index is 629. The average Bonchev–Trinajstić information content (AvgIpc) is 2.47. The zero-order chi connectivity index (χ0) is 14.5. The number of amides is 1. The van der Waals surface area contributed by atoms with Crippen molar-refractivity contribution in [2.75, 3.05) is 12.4 Å². The van der Waals surface area contributed by atoms with Crippen LogP contribution < -0.4 is 15.8 Å². The third-order valence-corrected chi connectivity index (χ3v) is 2.91. The highest BCUT2D eigenvalue weighted by Crippen LogP contribution is 2.19. The van der Waals surface area contributed by atoms with E-state index in [1.807, 2.05) is 6.07 Å². The van der Waals surface area contributed by atoms with Crippen LogP contribution in [-0.4, -0.2) is 13.0 Å². The summed E-state index contributed by atoms with van der Waals surface area (Å²) < 4.78 is 18.7. The maximum atomic E-state index is 13.8. The Kier molecular flexibility index (Phi) is 4.32. The van der Waals surface area contributed by atoms with E-state index < -0.39 is 11.7 Å².